The predicted molar refractivity (Wildman–Crippen MR) is 245 cm³/mol. The van der Waals surface area contributed by atoms with Gasteiger partial charge in [-0.05, 0) is 128 Å². The van der Waals surface area contributed by atoms with Crippen molar-refractivity contribution in [3.63, 3.8) is 0 Å². The van der Waals surface area contributed by atoms with Gasteiger partial charge < -0.3 is 9.13 Å². The van der Waals surface area contributed by atoms with Crippen molar-refractivity contribution in [1.29, 1.82) is 5.26 Å². The van der Waals surface area contributed by atoms with E-state index >= 15 is 13.2 Å². The van der Waals surface area contributed by atoms with Crippen LogP contribution in [0, 0.1) is 11.3 Å². The average molecular weight is 802 g/mol. The van der Waals surface area contributed by atoms with Gasteiger partial charge in [-0.15, -0.1) is 0 Å². The third-order valence-electron chi connectivity index (χ3n) is 12.2. The molecule has 0 aliphatic rings. The normalized spacial score (nSPS) is 13.2. The Morgan fingerprint density at radius 1 is 0.417 bits per heavy atom. The SMILES string of the molecule is CC(C)(C)c1ccc2c(c1)c1cc(C(C)(C)C)ccc1n2-c1cc(-c2cccc(C#N)c2)cc(-n2c3ccc(C(C)(C)C)cc3c3cc(C(C)(C)C)ccc32)c1C(F)(F)F. The quantitative estimate of drug-likeness (QED) is 0.175. The largest absolute Gasteiger partial charge is 0.420 e. The second-order valence-corrected chi connectivity index (χ2v) is 20.7. The van der Waals surface area contributed by atoms with Crippen LogP contribution in [0.3, 0.4) is 0 Å². The third kappa shape index (κ3) is 6.96. The molecule has 2 heterocycles. The first-order chi connectivity index (χ1) is 27.9. The van der Waals surface area contributed by atoms with E-state index < -0.39 is 11.7 Å². The van der Waals surface area contributed by atoms with Gasteiger partial charge in [0, 0.05) is 21.5 Å². The maximum Gasteiger partial charge on any atom is 0.420 e. The zero-order valence-corrected chi connectivity index (χ0v) is 36.9. The molecular formula is C54H54F3N3. The van der Waals surface area contributed by atoms with E-state index in [0.29, 0.717) is 38.8 Å². The number of alkyl halides is 3. The lowest BCUT2D eigenvalue weighted by atomic mass is 9.85. The molecule has 0 atom stereocenters. The molecule has 6 aromatic carbocycles. The summed E-state index contributed by atoms with van der Waals surface area (Å²) in [5, 5.41) is 13.6. The molecule has 3 nitrogen and oxygen atoms in total. The molecular weight excluding hydrogens is 748 g/mol. The van der Waals surface area contributed by atoms with Crippen molar-refractivity contribution < 1.29 is 13.2 Å². The number of nitriles is 1. The van der Waals surface area contributed by atoms with Gasteiger partial charge in [0.2, 0.25) is 0 Å². The smallest absolute Gasteiger partial charge is 0.309 e. The van der Waals surface area contributed by atoms with Crippen molar-refractivity contribution in [2.45, 2.75) is 111 Å². The first-order valence-electron chi connectivity index (χ1n) is 20.8. The fourth-order valence-corrected chi connectivity index (χ4v) is 8.62. The van der Waals surface area contributed by atoms with Crippen molar-refractivity contribution in [2.24, 2.45) is 0 Å². The molecule has 0 saturated carbocycles. The second-order valence-electron chi connectivity index (χ2n) is 20.7. The highest BCUT2D eigenvalue weighted by Crippen LogP contribution is 2.47. The van der Waals surface area contributed by atoms with Gasteiger partial charge in [0.25, 0.3) is 0 Å². The van der Waals surface area contributed by atoms with Gasteiger partial charge in [0.1, 0.15) is 5.56 Å². The van der Waals surface area contributed by atoms with E-state index in [1.54, 1.807) is 30.3 Å². The van der Waals surface area contributed by atoms with Gasteiger partial charge in [-0.3, -0.25) is 0 Å². The topological polar surface area (TPSA) is 33.6 Å². The molecule has 0 radical (unpaired) electrons. The van der Waals surface area contributed by atoms with Crippen LogP contribution in [0.1, 0.15) is 116 Å². The van der Waals surface area contributed by atoms with E-state index in [-0.39, 0.29) is 33.0 Å². The summed E-state index contributed by atoms with van der Waals surface area (Å²) in [6.45, 7) is 25.9. The summed E-state index contributed by atoms with van der Waals surface area (Å²) < 4.78 is 53.3. The Hall–Kier alpha value is -5.80. The molecule has 6 heteroatoms. The van der Waals surface area contributed by atoms with Gasteiger partial charge in [0.15, 0.2) is 0 Å². The summed E-state index contributed by atoms with van der Waals surface area (Å²) in [5.41, 5.74) is 7.40. The molecule has 306 valence electrons. The van der Waals surface area contributed by atoms with Crippen molar-refractivity contribution in [2.75, 3.05) is 0 Å². The number of rotatable bonds is 3. The van der Waals surface area contributed by atoms with Crippen LogP contribution in [0.5, 0.6) is 0 Å². The van der Waals surface area contributed by atoms with Gasteiger partial charge in [0.05, 0.1) is 45.1 Å². The molecule has 60 heavy (non-hydrogen) atoms. The molecule has 0 saturated heterocycles. The Kier molecular flexibility index (Phi) is 9.29. The third-order valence-corrected chi connectivity index (χ3v) is 12.2. The first-order valence-corrected chi connectivity index (χ1v) is 20.8. The summed E-state index contributed by atoms with van der Waals surface area (Å²) in [6.07, 6.45) is -4.78. The van der Waals surface area contributed by atoms with E-state index in [9.17, 15) is 5.26 Å². The monoisotopic (exact) mass is 801 g/mol. The molecule has 2 aromatic heterocycles. The standard InChI is InChI=1S/C54H54F3N3/c1-50(2,3)35-16-20-43-39(27-35)40-28-36(51(4,5)6)17-21-44(40)59(43)47-25-34(33-15-13-14-32(24-33)31-58)26-48(49(47)54(55,56)57)60-45-22-18-37(52(7,8)9)29-41(45)42-30-38(53(10,11)12)19-23-46(42)60/h13-30H,1-12H3. The molecule has 0 aliphatic heterocycles. The highest BCUT2D eigenvalue weighted by molar-refractivity contribution is 6.12. The maximum atomic E-state index is 16.6. The van der Waals surface area contributed by atoms with Crippen LogP contribution < -0.4 is 0 Å². The zero-order chi connectivity index (χ0) is 43.5. The molecule has 0 amide bonds. The Morgan fingerprint density at radius 3 is 1.03 bits per heavy atom. The number of halogens is 3. The maximum absolute atomic E-state index is 16.6. The first kappa shape index (κ1) is 41.0. The lowest BCUT2D eigenvalue weighted by Gasteiger charge is -2.24. The molecule has 0 fully saturated rings. The second kappa shape index (κ2) is 13.6. The molecule has 8 rings (SSSR count). The van der Waals surface area contributed by atoms with Crippen molar-refractivity contribution in [3.8, 4) is 28.6 Å². The van der Waals surface area contributed by atoms with E-state index in [1.165, 1.54) is 0 Å². The summed E-state index contributed by atoms with van der Waals surface area (Å²) >= 11 is 0. The molecule has 0 bridgehead atoms. The van der Waals surface area contributed by atoms with Crippen LogP contribution in [0.25, 0.3) is 66.1 Å². The van der Waals surface area contributed by atoms with Gasteiger partial charge in [-0.1, -0.05) is 119 Å². The van der Waals surface area contributed by atoms with E-state index in [2.05, 4.69) is 113 Å². The number of aromatic nitrogens is 2. The molecule has 0 unspecified atom stereocenters. The van der Waals surface area contributed by atoms with E-state index in [4.69, 9.17) is 0 Å². The molecule has 0 aliphatic carbocycles. The van der Waals surface area contributed by atoms with Crippen LogP contribution in [0.15, 0.2) is 109 Å². The Balaban J connectivity index is 1.59. The Bertz CT molecular complexity index is 2750. The van der Waals surface area contributed by atoms with Crippen molar-refractivity contribution in [1.82, 2.24) is 9.13 Å². The fourth-order valence-electron chi connectivity index (χ4n) is 8.62. The molecule has 0 spiro atoms. The van der Waals surface area contributed by atoms with E-state index in [1.807, 2.05) is 63.7 Å². The minimum Gasteiger partial charge on any atom is -0.309 e. The van der Waals surface area contributed by atoms with E-state index in [0.717, 1.165) is 43.8 Å². The van der Waals surface area contributed by atoms with Gasteiger partial charge in [-0.2, -0.15) is 18.4 Å². The minimum absolute atomic E-state index is 0.0250. The zero-order valence-electron chi connectivity index (χ0n) is 36.9. The summed E-state index contributed by atoms with van der Waals surface area (Å²) in [5.74, 6) is 0. The number of nitrogens with zero attached hydrogens (tertiary/aromatic N) is 3. The Labute approximate surface area is 352 Å². The highest BCUT2D eigenvalue weighted by atomic mass is 19.4. The van der Waals surface area contributed by atoms with Crippen LogP contribution in [-0.2, 0) is 27.8 Å². The van der Waals surface area contributed by atoms with Crippen LogP contribution in [0.2, 0.25) is 0 Å². The van der Waals surface area contributed by atoms with Crippen molar-refractivity contribution in [3.05, 3.63) is 143 Å². The number of fused-ring (bicyclic) bond motifs is 6. The summed E-state index contributed by atoms with van der Waals surface area (Å²) in [7, 11) is 0. The van der Waals surface area contributed by atoms with Crippen LogP contribution in [0.4, 0.5) is 13.2 Å². The number of hydrogen-bond donors (Lipinski definition) is 0. The highest BCUT2D eigenvalue weighted by Gasteiger charge is 2.40. The minimum atomic E-state index is -4.78. The lowest BCUT2D eigenvalue weighted by Crippen LogP contribution is -2.16. The number of hydrogen-bond acceptors (Lipinski definition) is 1. The summed E-state index contributed by atoms with van der Waals surface area (Å²) in [4.78, 5) is 0. The fraction of sp³-hybridized carbons (Fsp3) is 0.315. The lowest BCUT2D eigenvalue weighted by molar-refractivity contribution is -0.137. The summed E-state index contributed by atoms with van der Waals surface area (Å²) in [6, 6.07) is 37.4. The van der Waals surface area contributed by atoms with Gasteiger partial charge >= 0.3 is 6.18 Å². The van der Waals surface area contributed by atoms with Crippen LogP contribution >= 0.6 is 0 Å². The number of benzene rings is 6. The molecule has 0 N–H and O–H groups in total. The van der Waals surface area contributed by atoms with Crippen LogP contribution in [-0.4, -0.2) is 9.13 Å². The predicted octanol–water partition coefficient (Wildman–Crippen LogP) is 15.6. The van der Waals surface area contributed by atoms with Gasteiger partial charge in [-0.25, -0.2) is 0 Å². The molecule has 8 aromatic rings. The Morgan fingerprint density at radius 2 is 0.750 bits per heavy atom. The average Bonchev–Trinajstić information content (AvgIpc) is 3.67. The van der Waals surface area contributed by atoms with Crippen molar-refractivity contribution >= 4 is 43.6 Å².